The molecule has 3 aromatic rings. The summed E-state index contributed by atoms with van der Waals surface area (Å²) >= 11 is 6.49. The summed E-state index contributed by atoms with van der Waals surface area (Å²) in [5.41, 5.74) is 2.55. The minimum atomic E-state index is -0.756. The van der Waals surface area contributed by atoms with Crippen LogP contribution in [-0.2, 0) is 4.74 Å². The number of imidazole rings is 1. The van der Waals surface area contributed by atoms with Gasteiger partial charge in [0.25, 0.3) is 0 Å². The van der Waals surface area contributed by atoms with E-state index in [0.717, 1.165) is 16.7 Å². The molecule has 0 saturated carbocycles. The van der Waals surface area contributed by atoms with Crippen molar-refractivity contribution in [1.82, 2.24) is 9.55 Å². The average Bonchev–Trinajstić information content (AvgIpc) is 3.45. The van der Waals surface area contributed by atoms with Crippen molar-refractivity contribution in [3.63, 3.8) is 0 Å². The van der Waals surface area contributed by atoms with Crippen molar-refractivity contribution in [3.8, 4) is 28.7 Å². The third-order valence-electron chi connectivity index (χ3n) is 5.39. The van der Waals surface area contributed by atoms with Crippen LogP contribution in [0.25, 0.3) is 11.1 Å². The van der Waals surface area contributed by atoms with Crippen LogP contribution in [0.5, 0.6) is 5.75 Å². The number of nitrogens with zero attached hydrogens (tertiary/aromatic N) is 2. The molecule has 0 bridgehead atoms. The first-order valence-corrected chi connectivity index (χ1v) is 11.0. The van der Waals surface area contributed by atoms with Gasteiger partial charge in [0.1, 0.15) is 35.9 Å². The molecule has 4 rings (SSSR count). The molecular weight excluding hydrogens is 444 g/mol. The van der Waals surface area contributed by atoms with Gasteiger partial charge >= 0.3 is 0 Å². The number of hydrogen-bond donors (Lipinski definition) is 3. The second kappa shape index (κ2) is 10.4. The zero-order valence-electron chi connectivity index (χ0n) is 18.1. The third-order valence-corrected chi connectivity index (χ3v) is 5.70. The number of benzene rings is 2. The number of aliphatic hydroxyl groups is 3. The molecule has 33 heavy (non-hydrogen) atoms. The second-order valence-electron chi connectivity index (χ2n) is 7.82. The lowest BCUT2D eigenvalue weighted by Crippen LogP contribution is -2.29. The van der Waals surface area contributed by atoms with Gasteiger partial charge in [0.05, 0.1) is 24.8 Å². The number of ether oxygens (including phenoxy) is 2. The highest BCUT2D eigenvalue weighted by Gasteiger charge is 2.28. The van der Waals surface area contributed by atoms with Crippen molar-refractivity contribution in [1.29, 1.82) is 0 Å². The Morgan fingerprint density at radius 1 is 1.24 bits per heavy atom. The van der Waals surface area contributed by atoms with Crippen LogP contribution >= 0.6 is 11.6 Å². The molecule has 0 radical (unpaired) electrons. The second-order valence-corrected chi connectivity index (χ2v) is 8.22. The van der Waals surface area contributed by atoms with Crippen LogP contribution in [0.2, 0.25) is 5.02 Å². The normalized spacial score (nSPS) is 19.5. The molecule has 1 saturated heterocycles. The Balaban J connectivity index is 1.48. The largest absolute Gasteiger partial charge is 0.485 e. The predicted octanol–water partition coefficient (Wildman–Crippen LogP) is 2.98. The molecule has 1 fully saturated rings. The van der Waals surface area contributed by atoms with E-state index >= 15 is 0 Å². The van der Waals surface area contributed by atoms with Crippen molar-refractivity contribution >= 4 is 11.6 Å². The molecule has 2 heterocycles. The number of rotatable bonds is 6. The van der Waals surface area contributed by atoms with Crippen molar-refractivity contribution in [2.75, 3.05) is 19.8 Å². The van der Waals surface area contributed by atoms with Gasteiger partial charge in [0, 0.05) is 23.5 Å². The average molecular weight is 469 g/mol. The minimum absolute atomic E-state index is 0.199. The van der Waals surface area contributed by atoms with E-state index in [1.165, 1.54) is 0 Å². The molecule has 0 amide bonds. The van der Waals surface area contributed by atoms with Crippen LogP contribution in [0.3, 0.4) is 0 Å². The highest BCUT2D eigenvalue weighted by Crippen LogP contribution is 2.32. The van der Waals surface area contributed by atoms with Gasteiger partial charge in [-0.3, -0.25) is 0 Å². The van der Waals surface area contributed by atoms with Crippen molar-refractivity contribution in [2.45, 2.75) is 31.3 Å². The highest BCUT2D eigenvalue weighted by molar-refractivity contribution is 6.33. The zero-order chi connectivity index (χ0) is 23.4. The molecule has 0 aliphatic carbocycles. The Morgan fingerprint density at radius 2 is 2.03 bits per heavy atom. The number of halogens is 1. The van der Waals surface area contributed by atoms with Crippen LogP contribution < -0.4 is 4.74 Å². The maximum absolute atomic E-state index is 9.84. The molecule has 8 heteroatoms. The summed E-state index contributed by atoms with van der Waals surface area (Å²) in [5, 5.41) is 30.0. The molecule has 0 unspecified atom stereocenters. The standard InChI is InChI=1S/C25H25ClN2O5/c1-16(30)25-27-10-11-28(25)19(13-29)7-4-17-2-5-18(6-3-17)21-9-8-20(12-22(21)26)33-24-15-32-14-23(24)31/h2-3,5-6,8-12,16,19,23-24,29-31H,13-15H2,1H3/t16-,19-,23+,24+/m0/s1. The Kier molecular flexibility index (Phi) is 7.33. The van der Waals surface area contributed by atoms with E-state index < -0.39 is 24.4 Å². The Labute approximate surface area is 197 Å². The molecule has 7 nitrogen and oxygen atoms in total. The zero-order valence-corrected chi connectivity index (χ0v) is 18.8. The number of aliphatic hydroxyl groups excluding tert-OH is 3. The molecule has 3 N–H and O–H groups in total. The summed E-state index contributed by atoms with van der Waals surface area (Å²) < 4.78 is 12.7. The molecule has 2 aromatic carbocycles. The van der Waals surface area contributed by atoms with E-state index in [-0.39, 0.29) is 13.2 Å². The first-order chi connectivity index (χ1) is 16.0. The molecule has 172 valence electrons. The smallest absolute Gasteiger partial charge is 0.150 e. The Morgan fingerprint density at radius 3 is 2.67 bits per heavy atom. The molecule has 1 aromatic heterocycles. The lowest BCUT2D eigenvalue weighted by molar-refractivity contribution is 0.0734. The summed E-state index contributed by atoms with van der Waals surface area (Å²) in [6, 6.07) is 12.5. The van der Waals surface area contributed by atoms with Gasteiger partial charge in [-0.25, -0.2) is 4.98 Å². The molecular formula is C25H25ClN2O5. The topological polar surface area (TPSA) is 97.0 Å². The lowest BCUT2D eigenvalue weighted by atomic mass is 10.0. The monoisotopic (exact) mass is 468 g/mol. The van der Waals surface area contributed by atoms with Crippen molar-refractivity contribution in [2.24, 2.45) is 0 Å². The van der Waals surface area contributed by atoms with Gasteiger partial charge in [-0.2, -0.15) is 0 Å². The van der Waals surface area contributed by atoms with Gasteiger partial charge in [-0.1, -0.05) is 35.6 Å². The number of hydrogen-bond acceptors (Lipinski definition) is 6. The van der Waals surface area contributed by atoms with Crippen LogP contribution in [0.4, 0.5) is 0 Å². The molecule has 0 spiro atoms. The van der Waals surface area contributed by atoms with E-state index in [2.05, 4.69) is 16.8 Å². The first kappa shape index (κ1) is 23.3. The van der Waals surface area contributed by atoms with E-state index in [9.17, 15) is 15.3 Å². The first-order valence-electron chi connectivity index (χ1n) is 10.6. The third kappa shape index (κ3) is 5.38. The SMILES string of the molecule is C[C@H](O)c1nccn1[C@@H](C#Cc1ccc(-c2ccc(O[C@@H]3COC[C@H]3O)cc2Cl)cc1)CO. The van der Waals surface area contributed by atoms with Gasteiger partial charge in [0.15, 0.2) is 0 Å². The fourth-order valence-electron chi connectivity index (χ4n) is 3.63. The maximum atomic E-state index is 9.84. The van der Waals surface area contributed by atoms with E-state index in [4.69, 9.17) is 21.1 Å². The maximum Gasteiger partial charge on any atom is 0.150 e. The fourth-order valence-corrected chi connectivity index (χ4v) is 3.91. The van der Waals surface area contributed by atoms with Crippen LogP contribution in [0.1, 0.15) is 30.5 Å². The summed E-state index contributed by atoms with van der Waals surface area (Å²) in [6.07, 6.45) is 1.47. The quantitative estimate of drug-likeness (QED) is 0.481. The Hall–Kier alpha value is -2.86. The van der Waals surface area contributed by atoms with Gasteiger partial charge in [-0.15, -0.1) is 0 Å². The summed E-state index contributed by atoms with van der Waals surface area (Å²) in [7, 11) is 0. The van der Waals surface area contributed by atoms with Crippen LogP contribution in [0.15, 0.2) is 54.9 Å². The summed E-state index contributed by atoms with van der Waals surface area (Å²) in [4.78, 5) is 4.13. The lowest BCUT2D eigenvalue weighted by Gasteiger charge is -2.16. The summed E-state index contributed by atoms with van der Waals surface area (Å²) in [5.74, 6) is 7.14. The van der Waals surface area contributed by atoms with Crippen molar-refractivity contribution < 1.29 is 24.8 Å². The van der Waals surface area contributed by atoms with E-state index in [1.54, 1.807) is 30.0 Å². The fraction of sp³-hybridized carbons (Fsp3) is 0.320. The minimum Gasteiger partial charge on any atom is -0.485 e. The highest BCUT2D eigenvalue weighted by atomic mass is 35.5. The number of aromatic nitrogens is 2. The van der Waals surface area contributed by atoms with Gasteiger partial charge in [-0.05, 0) is 42.8 Å². The van der Waals surface area contributed by atoms with Crippen LogP contribution in [0, 0.1) is 11.8 Å². The van der Waals surface area contributed by atoms with Crippen molar-refractivity contribution in [3.05, 3.63) is 71.3 Å². The van der Waals surface area contributed by atoms with E-state index in [0.29, 0.717) is 23.2 Å². The molecule has 4 atom stereocenters. The predicted molar refractivity (Wildman–Crippen MR) is 124 cm³/mol. The molecule has 1 aliphatic rings. The van der Waals surface area contributed by atoms with E-state index in [1.807, 2.05) is 36.4 Å². The summed E-state index contributed by atoms with van der Waals surface area (Å²) in [6.45, 7) is 2.04. The molecule has 1 aliphatic heterocycles. The van der Waals surface area contributed by atoms with Gasteiger partial charge < -0.3 is 29.4 Å². The van der Waals surface area contributed by atoms with Crippen LogP contribution in [-0.4, -0.2) is 56.9 Å². The Bertz CT molecular complexity index is 1150. The van der Waals surface area contributed by atoms with Gasteiger partial charge in [0.2, 0.25) is 0 Å².